The van der Waals surface area contributed by atoms with Crippen LogP contribution in [0.3, 0.4) is 0 Å². The molecule has 2 aromatic rings. The highest BCUT2D eigenvalue weighted by molar-refractivity contribution is 5.83. The van der Waals surface area contributed by atoms with Crippen molar-refractivity contribution in [1.82, 2.24) is 20.5 Å². The van der Waals surface area contributed by atoms with Crippen molar-refractivity contribution in [3.8, 4) is 0 Å². The zero-order chi connectivity index (χ0) is 18.9. The number of aromatic nitrogens is 1. The number of ether oxygens (including phenoxy) is 1. The Morgan fingerprint density at radius 1 is 1.30 bits per heavy atom. The lowest BCUT2D eigenvalue weighted by Crippen LogP contribution is -2.39. The normalized spacial score (nSPS) is 16.0. The lowest BCUT2D eigenvalue weighted by atomic mass is 10.1. The highest BCUT2D eigenvalue weighted by Gasteiger charge is 2.09. The lowest BCUT2D eigenvalue weighted by Gasteiger charge is -2.26. The van der Waals surface area contributed by atoms with E-state index in [0.717, 1.165) is 87.7 Å². The summed E-state index contributed by atoms with van der Waals surface area (Å²) in [6, 6.07) is 4.85. The molecule has 6 nitrogen and oxygen atoms in total. The van der Waals surface area contributed by atoms with Crippen molar-refractivity contribution in [2.24, 2.45) is 4.99 Å². The molecule has 0 radical (unpaired) electrons. The Bertz CT molecular complexity index is 739. The summed E-state index contributed by atoms with van der Waals surface area (Å²) in [5.74, 6) is 0.636. The van der Waals surface area contributed by atoms with Crippen molar-refractivity contribution >= 4 is 16.9 Å². The second kappa shape index (κ2) is 10.3. The van der Waals surface area contributed by atoms with Gasteiger partial charge in [0.2, 0.25) is 0 Å². The summed E-state index contributed by atoms with van der Waals surface area (Å²) in [4.78, 5) is 10.3. The van der Waals surface area contributed by atoms with Crippen LogP contribution in [0.2, 0.25) is 0 Å². The third kappa shape index (κ3) is 5.94. The number of nitrogens with one attached hydrogen (secondary N) is 3. The summed E-state index contributed by atoms with van der Waals surface area (Å²) in [5.41, 5.74) is 2.08. The molecule has 3 rings (SSSR count). The molecule has 0 aliphatic carbocycles. The second-order valence-electron chi connectivity index (χ2n) is 6.75. The van der Waals surface area contributed by atoms with Crippen LogP contribution in [-0.2, 0) is 11.2 Å². The van der Waals surface area contributed by atoms with Crippen molar-refractivity contribution < 1.29 is 9.13 Å². The number of morpholine rings is 1. The highest BCUT2D eigenvalue weighted by atomic mass is 19.1. The van der Waals surface area contributed by atoms with Gasteiger partial charge in [-0.15, -0.1) is 0 Å². The zero-order valence-electron chi connectivity index (χ0n) is 16.1. The lowest BCUT2D eigenvalue weighted by molar-refractivity contribution is 0.0377. The first-order valence-electron chi connectivity index (χ1n) is 9.84. The molecule has 3 N–H and O–H groups in total. The maximum Gasteiger partial charge on any atom is 0.191 e. The van der Waals surface area contributed by atoms with Crippen LogP contribution in [-0.4, -0.2) is 68.3 Å². The largest absolute Gasteiger partial charge is 0.379 e. The summed E-state index contributed by atoms with van der Waals surface area (Å²) < 4.78 is 18.9. The topological polar surface area (TPSA) is 64.7 Å². The number of hydrogen-bond acceptors (Lipinski definition) is 3. The van der Waals surface area contributed by atoms with Gasteiger partial charge in [-0.3, -0.25) is 9.89 Å². The third-order valence-electron chi connectivity index (χ3n) is 4.77. The minimum absolute atomic E-state index is 0.202. The van der Waals surface area contributed by atoms with Crippen molar-refractivity contribution in [3.63, 3.8) is 0 Å². The van der Waals surface area contributed by atoms with E-state index in [1.807, 2.05) is 6.20 Å². The number of rotatable bonds is 8. The van der Waals surface area contributed by atoms with E-state index in [1.165, 1.54) is 6.07 Å². The molecule has 0 saturated carbocycles. The average Bonchev–Trinajstić information content (AvgIpc) is 3.08. The first-order valence-corrected chi connectivity index (χ1v) is 9.84. The summed E-state index contributed by atoms with van der Waals surface area (Å²) >= 11 is 0. The first kappa shape index (κ1) is 19.6. The fraction of sp³-hybridized carbons (Fsp3) is 0.550. The molecule has 0 unspecified atom stereocenters. The van der Waals surface area contributed by atoms with Crippen molar-refractivity contribution in [2.45, 2.75) is 19.8 Å². The summed E-state index contributed by atoms with van der Waals surface area (Å²) in [5, 5.41) is 7.61. The molecule has 0 spiro atoms. The van der Waals surface area contributed by atoms with Crippen LogP contribution in [0.15, 0.2) is 29.4 Å². The van der Waals surface area contributed by atoms with Gasteiger partial charge < -0.3 is 20.4 Å². The zero-order valence-corrected chi connectivity index (χ0v) is 16.1. The van der Waals surface area contributed by atoms with Gasteiger partial charge in [0.1, 0.15) is 5.82 Å². The van der Waals surface area contributed by atoms with Gasteiger partial charge in [0.15, 0.2) is 5.96 Å². The molecule has 1 aromatic carbocycles. The van der Waals surface area contributed by atoms with Gasteiger partial charge in [0.05, 0.1) is 13.2 Å². The molecule has 148 valence electrons. The number of halogens is 1. The van der Waals surface area contributed by atoms with Gasteiger partial charge >= 0.3 is 0 Å². The number of aliphatic imine (C=N–C) groups is 1. The Labute approximate surface area is 160 Å². The van der Waals surface area contributed by atoms with E-state index in [9.17, 15) is 4.39 Å². The highest BCUT2D eigenvalue weighted by Crippen LogP contribution is 2.19. The predicted molar refractivity (Wildman–Crippen MR) is 108 cm³/mol. The molecule has 0 atom stereocenters. The predicted octanol–water partition coefficient (Wildman–Crippen LogP) is 2.13. The van der Waals surface area contributed by atoms with Gasteiger partial charge in [-0.25, -0.2) is 4.39 Å². The Kier molecular flexibility index (Phi) is 7.47. The molecule has 1 fully saturated rings. The third-order valence-corrected chi connectivity index (χ3v) is 4.77. The number of fused-ring (bicyclic) bond motifs is 1. The molecular weight excluding hydrogens is 345 g/mol. The number of hydrogen-bond donors (Lipinski definition) is 3. The van der Waals surface area contributed by atoms with Crippen LogP contribution in [0.1, 0.15) is 18.9 Å². The van der Waals surface area contributed by atoms with Crippen LogP contribution >= 0.6 is 0 Å². The minimum atomic E-state index is -0.202. The van der Waals surface area contributed by atoms with E-state index in [0.29, 0.717) is 0 Å². The molecule has 1 aliphatic rings. The number of benzene rings is 1. The van der Waals surface area contributed by atoms with Gasteiger partial charge in [-0.05, 0) is 43.5 Å². The van der Waals surface area contributed by atoms with Crippen molar-refractivity contribution in [2.75, 3.05) is 52.5 Å². The maximum absolute atomic E-state index is 13.5. The Morgan fingerprint density at radius 2 is 2.15 bits per heavy atom. The van der Waals surface area contributed by atoms with Crippen LogP contribution in [0.5, 0.6) is 0 Å². The number of H-pyrrole nitrogens is 1. The minimum Gasteiger partial charge on any atom is -0.379 e. The van der Waals surface area contributed by atoms with E-state index >= 15 is 0 Å². The molecule has 27 heavy (non-hydrogen) atoms. The molecule has 1 aromatic heterocycles. The first-order chi connectivity index (χ1) is 13.3. The molecular formula is C20H30FN5O. The van der Waals surface area contributed by atoms with E-state index in [1.54, 1.807) is 12.1 Å². The Balaban J connectivity index is 1.44. The molecule has 1 saturated heterocycles. The van der Waals surface area contributed by atoms with Crippen molar-refractivity contribution in [1.29, 1.82) is 0 Å². The number of guanidine groups is 1. The van der Waals surface area contributed by atoms with Gasteiger partial charge in [0.25, 0.3) is 0 Å². The van der Waals surface area contributed by atoms with Crippen LogP contribution in [0, 0.1) is 5.82 Å². The average molecular weight is 375 g/mol. The fourth-order valence-electron chi connectivity index (χ4n) is 3.32. The summed E-state index contributed by atoms with van der Waals surface area (Å²) in [6.07, 6.45) is 3.80. The van der Waals surface area contributed by atoms with Crippen molar-refractivity contribution in [3.05, 3.63) is 35.8 Å². The standard InChI is InChI=1S/C20H30FN5O/c1-2-22-20(23-7-3-9-26-10-12-27-13-11-26)24-8-6-16-15-25-19-5-4-17(21)14-18(16)19/h4-5,14-15,25H,2-3,6-13H2,1H3,(H2,22,23,24). The van der Waals surface area contributed by atoms with E-state index in [4.69, 9.17) is 4.74 Å². The smallest absolute Gasteiger partial charge is 0.191 e. The molecule has 7 heteroatoms. The van der Waals surface area contributed by atoms with E-state index < -0.39 is 0 Å². The van der Waals surface area contributed by atoms with Gasteiger partial charge in [0, 0.05) is 56.4 Å². The molecule has 0 amide bonds. The number of nitrogens with zero attached hydrogens (tertiary/aromatic N) is 2. The fourth-order valence-corrected chi connectivity index (χ4v) is 3.32. The molecule has 1 aliphatic heterocycles. The monoisotopic (exact) mass is 375 g/mol. The van der Waals surface area contributed by atoms with Gasteiger partial charge in [-0.1, -0.05) is 0 Å². The molecule has 0 bridgehead atoms. The van der Waals surface area contributed by atoms with Crippen LogP contribution in [0.25, 0.3) is 10.9 Å². The van der Waals surface area contributed by atoms with Crippen LogP contribution in [0.4, 0.5) is 4.39 Å². The summed E-state index contributed by atoms with van der Waals surface area (Å²) in [7, 11) is 0. The Morgan fingerprint density at radius 3 is 2.96 bits per heavy atom. The van der Waals surface area contributed by atoms with E-state index in [-0.39, 0.29) is 5.82 Å². The summed E-state index contributed by atoms with van der Waals surface area (Å²) in [6.45, 7) is 9.22. The number of aromatic amines is 1. The quantitative estimate of drug-likeness (QED) is 0.376. The Hall–Kier alpha value is -2.12. The van der Waals surface area contributed by atoms with Crippen LogP contribution < -0.4 is 10.6 Å². The van der Waals surface area contributed by atoms with Gasteiger partial charge in [-0.2, -0.15) is 0 Å². The SMILES string of the molecule is CCNC(=NCCCN1CCOCC1)NCCc1c[nH]c2ccc(F)cc12. The molecule has 2 heterocycles. The maximum atomic E-state index is 13.5. The van der Waals surface area contributed by atoms with E-state index in [2.05, 4.69) is 32.4 Å². The second-order valence-corrected chi connectivity index (χ2v) is 6.75.